The molecule has 29 heavy (non-hydrogen) atoms. The molecular formula is C19H10Br4O5S. The number of benzene rings is 3. The van der Waals surface area contributed by atoms with Crippen molar-refractivity contribution in [2.24, 2.45) is 0 Å². The summed E-state index contributed by atoms with van der Waals surface area (Å²) in [5.74, 6) is -0.0266. The van der Waals surface area contributed by atoms with Gasteiger partial charge in [-0.2, -0.15) is 8.42 Å². The first-order valence-corrected chi connectivity index (χ1v) is 12.6. The van der Waals surface area contributed by atoms with Gasteiger partial charge in [0.1, 0.15) is 16.4 Å². The molecule has 0 fully saturated rings. The molecule has 0 amide bonds. The van der Waals surface area contributed by atoms with Crippen molar-refractivity contribution in [1.82, 2.24) is 0 Å². The van der Waals surface area contributed by atoms with E-state index in [2.05, 4.69) is 63.7 Å². The molecule has 1 heterocycles. The van der Waals surface area contributed by atoms with E-state index in [1.54, 1.807) is 18.2 Å². The lowest BCUT2D eigenvalue weighted by molar-refractivity contribution is 0.176. The van der Waals surface area contributed by atoms with Gasteiger partial charge in [-0.3, -0.25) is 0 Å². The fraction of sp³-hybridized carbons (Fsp3) is 0.0526. The number of phenols is 2. The highest BCUT2D eigenvalue weighted by molar-refractivity contribution is 9.11. The summed E-state index contributed by atoms with van der Waals surface area (Å²) in [6.45, 7) is 0. The molecule has 10 heteroatoms. The molecule has 0 saturated heterocycles. The van der Waals surface area contributed by atoms with Gasteiger partial charge in [0.05, 0.1) is 0 Å². The summed E-state index contributed by atoms with van der Waals surface area (Å²) in [4.78, 5) is 0.0405. The van der Waals surface area contributed by atoms with Gasteiger partial charge in [0.15, 0.2) is 5.60 Å². The predicted molar refractivity (Wildman–Crippen MR) is 122 cm³/mol. The maximum Gasteiger partial charge on any atom is 0.298 e. The average Bonchev–Trinajstić information content (AvgIpc) is 2.82. The SMILES string of the molecule is O=S1(=O)OC(c2c(Br)cc(O)cc2Br)(c2c(Br)cc(O)cc2Br)c2ccccc21. The summed E-state index contributed by atoms with van der Waals surface area (Å²) >= 11 is 13.8. The third-order valence-corrected chi connectivity index (χ3v) is 8.39. The number of hydrogen-bond donors (Lipinski definition) is 2. The minimum Gasteiger partial charge on any atom is -0.508 e. The van der Waals surface area contributed by atoms with Crippen LogP contribution in [0.15, 0.2) is 71.3 Å². The number of aromatic hydroxyl groups is 2. The Kier molecular flexibility index (Phi) is 5.40. The van der Waals surface area contributed by atoms with Crippen LogP contribution in [-0.2, 0) is 19.9 Å². The minimum absolute atomic E-state index is 0.0133. The molecule has 3 aromatic carbocycles. The lowest BCUT2D eigenvalue weighted by Crippen LogP contribution is -2.31. The zero-order chi connectivity index (χ0) is 21.1. The van der Waals surface area contributed by atoms with E-state index in [1.807, 2.05) is 0 Å². The van der Waals surface area contributed by atoms with Crippen LogP contribution < -0.4 is 0 Å². The van der Waals surface area contributed by atoms with Crippen molar-refractivity contribution in [3.8, 4) is 11.5 Å². The highest BCUT2D eigenvalue weighted by atomic mass is 79.9. The van der Waals surface area contributed by atoms with Crippen molar-refractivity contribution in [1.29, 1.82) is 0 Å². The van der Waals surface area contributed by atoms with E-state index in [4.69, 9.17) is 4.18 Å². The fourth-order valence-corrected chi connectivity index (χ4v) is 8.34. The quantitative estimate of drug-likeness (QED) is 0.320. The van der Waals surface area contributed by atoms with Crippen molar-refractivity contribution >= 4 is 73.8 Å². The van der Waals surface area contributed by atoms with E-state index in [9.17, 15) is 18.6 Å². The van der Waals surface area contributed by atoms with Gasteiger partial charge in [0.25, 0.3) is 10.1 Å². The van der Waals surface area contributed by atoms with Gasteiger partial charge in [-0.15, -0.1) is 0 Å². The molecule has 3 aromatic rings. The Labute approximate surface area is 200 Å². The van der Waals surface area contributed by atoms with Crippen molar-refractivity contribution < 1.29 is 22.8 Å². The van der Waals surface area contributed by atoms with Gasteiger partial charge in [0.2, 0.25) is 0 Å². The Morgan fingerprint density at radius 3 is 1.62 bits per heavy atom. The van der Waals surface area contributed by atoms with E-state index in [0.717, 1.165) is 0 Å². The predicted octanol–water partition coefficient (Wildman–Crippen LogP) is 6.16. The number of phenolic OH excluding ortho intramolecular Hbond substituents is 2. The van der Waals surface area contributed by atoms with Crippen molar-refractivity contribution in [3.63, 3.8) is 0 Å². The van der Waals surface area contributed by atoms with Gasteiger partial charge < -0.3 is 10.2 Å². The van der Waals surface area contributed by atoms with E-state index >= 15 is 0 Å². The number of halogens is 4. The third-order valence-electron chi connectivity index (χ3n) is 4.53. The van der Waals surface area contributed by atoms with Crippen LogP contribution in [0, 0.1) is 0 Å². The lowest BCUT2D eigenvalue weighted by Gasteiger charge is -2.33. The largest absolute Gasteiger partial charge is 0.508 e. The van der Waals surface area contributed by atoms with Gasteiger partial charge in [-0.1, -0.05) is 81.9 Å². The van der Waals surface area contributed by atoms with Crippen LogP contribution in [0.3, 0.4) is 0 Å². The van der Waals surface area contributed by atoms with Crippen molar-refractivity contribution in [2.75, 3.05) is 0 Å². The molecule has 0 saturated carbocycles. The van der Waals surface area contributed by atoms with Crippen LogP contribution in [0.25, 0.3) is 0 Å². The van der Waals surface area contributed by atoms with Gasteiger partial charge >= 0.3 is 0 Å². The molecule has 0 unspecified atom stereocenters. The standard InChI is InChI=1S/C19H10Br4O5S/c20-12-5-9(24)6-13(21)17(12)19(18-14(22)7-10(25)8-15(18)23)11-3-1-2-4-16(11)29(26,27)28-19/h1-8,24-25H. The molecule has 2 N–H and O–H groups in total. The number of rotatable bonds is 2. The molecule has 5 nitrogen and oxygen atoms in total. The van der Waals surface area contributed by atoms with Gasteiger partial charge in [-0.25, -0.2) is 4.18 Å². The lowest BCUT2D eigenvalue weighted by atomic mass is 9.80. The first-order chi connectivity index (χ1) is 13.6. The molecule has 0 atom stereocenters. The second kappa shape index (κ2) is 7.35. The smallest absolute Gasteiger partial charge is 0.298 e. The Balaban J connectivity index is 2.24. The molecule has 0 bridgehead atoms. The monoisotopic (exact) mass is 666 g/mol. The summed E-state index contributed by atoms with van der Waals surface area (Å²) in [5, 5.41) is 20.0. The van der Waals surface area contributed by atoms with Crippen molar-refractivity contribution in [3.05, 3.63) is 83.1 Å². The molecule has 0 aliphatic carbocycles. The molecule has 150 valence electrons. The zero-order valence-electron chi connectivity index (χ0n) is 14.2. The number of hydrogen-bond acceptors (Lipinski definition) is 5. The zero-order valence-corrected chi connectivity index (χ0v) is 21.3. The fourth-order valence-electron chi connectivity index (χ4n) is 3.50. The Morgan fingerprint density at radius 2 is 1.17 bits per heavy atom. The Hall–Kier alpha value is -0.910. The maximum absolute atomic E-state index is 13.0. The first-order valence-electron chi connectivity index (χ1n) is 8.00. The maximum atomic E-state index is 13.0. The molecule has 0 radical (unpaired) electrons. The average molecular weight is 670 g/mol. The summed E-state index contributed by atoms with van der Waals surface area (Å²) in [5.41, 5.74) is -0.322. The highest BCUT2D eigenvalue weighted by Crippen LogP contribution is 2.57. The second-order valence-electron chi connectivity index (χ2n) is 6.28. The summed E-state index contributed by atoms with van der Waals surface area (Å²) in [6.07, 6.45) is 0. The summed E-state index contributed by atoms with van der Waals surface area (Å²) in [6, 6.07) is 12.3. The molecule has 1 aliphatic heterocycles. The van der Waals surface area contributed by atoms with Crippen LogP contribution in [0.5, 0.6) is 11.5 Å². The Bertz CT molecular complexity index is 1170. The van der Waals surface area contributed by atoms with Crippen LogP contribution >= 0.6 is 63.7 Å². The molecule has 0 spiro atoms. The Morgan fingerprint density at radius 1 is 0.759 bits per heavy atom. The van der Waals surface area contributed by atoms with E-state index in [0.29, 0.717) is 34.6 Å². The molecule has 1 aliphatic rings. The topological polar surface area (TPSA) is 83.8 Å². The highest BCUT2D eigenvalue weighted by Gasteiger charge is 2.54. The van der Waals surface area contributed by atoms with Crippen LogP contribution in [0.2, 0.25) is 0 Å². The van der Waals surface area contributed by atoms with E-state index in [-0.39, 0.29) is 16.4 Å². The molecule has 4 rings (SSSR count). The molecular weight excluding hydrogens is 660 g/mol. The van der Waals surface area contributed by atoms with Crippen LogP contribution in [0.4, 0.5) is 0 Å². The normalized spacial score (nSPS) is 16.6. The van der Waals surface area contributed by atoms with Crippen molar-refractivity contribution in [2.45, 2.75) is 10.5 Å². The second-order valence-corrected chi connectivity index (χ2v) is 11.2. The van der Waals surface area contributed by atoms with Gasteiger partial charge in [-0.05, 0) is 30.3 Å². The van der Waals surface area contributed by atoms with E-state index in [1.165, 1.54) is 30.3 Å². The van der Waals surface area contributed by atoms with Crippen LogP contribution in [0.1, 0.15) is 16.7 Å². The summed E-state index contributed by atoms with van der Waals surface area (Å²) < 4.78 is 33.6. The van der Waals surface area contributed by atoms with Crippen LogP contribution in [-0.4, -0.2) is 18.6 Å². The van der Waals surface area contributed by atoms with E-state index < -0.39 is 15.7 Å². The molecule has 0 aromatic heterocycles. The minimum atomic E-state index is -4.11. The summed E-state index contributed by atoms with van der Waals surface area (Å²) in [7, 11) is -4.11. The number of fused-ring (bicyclic) bond motifs is 1. The first kappa shape index (κ1) is 21.3. The van der Waals surface area contributed by atoms with Gasteiger partial charge in [0, 0.05) is 34.6 Å². The third kappa shape index (κ3) is 3.28.